The van der Waals surface area contributed by atoms with E-state index in [1.807, 2.05) is 36.0 Å². The fraction of sp³-hybridized carbons (Fsp3) is 0.562. The first-order valence-electron chi connectivity index (χ1n) is 7.13. The van der Waals surface area contributed by atoms with E-state index >= 15 is 0 Å². The lowest BCUT2D eigenvalue weighted by Gasteiger charge is -2.27. The van der Waals surface area contributed by atoms with Gasteiger partial charge in [-0.3, -0.25) is 0 Å². The SMILES string of the molecule is COC(=O)c1ccccc1CNCC1(SC)CCCC1. The zero-order valence-electron chi connectivity index (χ0n) is 12.3. The van der Waals surface area contributed by atoms with Crippen molar-refractivity contribution in [2.75, 3.05) is 19.9 Å². The minimum atomic E-state index is -0.261. The van der Waals surface area contributed by atoms with Crippen molar-refractivity contribution < 1.29 is 9.53 Å². The molecule has 20 heavy (non-hydrogen) atoms. The van der Waals surface area contributed by atoms with Crippen molar-refractivity contribution in [1.82, 2.24) is 5.32 Å². The van der Waals surface area contributed by atoms with Crippen molar-refractivity contribution in [3.05, 3.63) is 35.4 Å². The second-order valence-electron chi connectivity index (χ2n) is 5.35. The molecule has 110 valence electrons. The lowest BCUT2D eigenvalue weighted by atomic mass is 10.1. The zero-order chi connectivity index (χ0) is 14.4. The summed E-state index contributed by atoms with van der Waals surface area (Å²) in [7, 11) is 1.42. The minimum absolute atomic E-state index is 0.261. The van der Waals surface area contributed by atoms with Crippen LogP contribution in [0.5, 0.6) is 0 Å². The summed E-state index contributed by atoms with van der Waals surface area (Å²) in [6.07, 6.45) is 7.46. The molecule has 3 nitrogen and oxygen atoms in total. The van der Waals surface area contributed by atoms with E-state index in [1.165, 1.54) is 32.8 Å². The smallest absolute Gasteiger partial charge is 0.338 e. The summed E-state index contributed by atoms with van der Waals surface area (Å²) in [6.45, 7) is 1.72. The molecule has 1 aliphatic rings. The molecule has 4 heteroatoms. The summed E-state index contributed by atoms with van der Waals surface area (Å²) in [4.78, 5) is 11.7. The fourth-order valence-corrected chi connectivity index (χ4v) is 3.82. The summed E-state index contributed by atoms with van der Waals surface area (Å²) in [5.74, 6) is -0.261. The molecule has 1 saturated carbocycles. The predicted molar refractivity (Wildman–Crippen MR) is 84.2 cm³/mol. The van der Waals surface area contributed by atoms with Gasteiger partial charge >= 0.3 is 5.97 Å². The Balaban J connectivity index is 1.95. The van der Waals surface area contributed by atoms with E-state index in [0.717, 1.165) is 12.1 Å². The number of esters is 1. The average molecular weight is 293 g/mol. The third-order valence-electron chi connectivity index (χ3n) is 4.13. The van der Waals surface area contributed by atoms with Crippen molar-refractivity contribution in [3.63, 3.8) is 0 Å². The fourth-order valence-electron chi connectivity index (χ4n) is 2.88. The van der Waals surface area contributed by atoms with E-state index in [4.69, 9.17) is 4.74 Å². The van der Waals surface area contributed by atoms with Gasteiger partial charge in [0.15, 0.2) is 0 Å². The maximum absolute atomic E-state index is 11.7. The van der Waals surface area contributed by atoms with Gasteiger partial charge in [-0.25, -0.2) is 4.79 Å². The van der Waals surface area contributed by atoms with Crippen LogP contribution in [0.25, 0.3) is 0 Å². The van der Waals surface area contributed by atoms with Crippen molar-refractivity contribution in [1.29, 1.82) is 0 Å². The molecule has 1 N–H and O–H groups in total. The van der Waals surface area contributed by atoms with E-state index in [-0.39, 0.29) is 5.97 Å². The molecule has 0 spiro atoms. The highest BCUT2D eigenvalue weighted by molar-refractivity contribution is 8.00. The van der Waals surface area contributed by atoms with Crippen molar-refractivity contribution in [2.45, 2.75) is 37.0 Å². The molecular weight excluding hydrogens is 270 g/mol. The maximum atomic E-state index is 11.7. The van der Waals surface area contributed by atoms with Gasteiger partial charge in [0.05, 0.1) is 12.7 Å². The van der Waals surface area contributed by atoms with Crippen LogP contribution < -0.4 is 5.32 Å². The molecule has 2 rings (SSSR count). The lowest BCUT2D eigenvalue weighted by Crippen LogP contribution is -2.35. The van der Waals surface area contributed by atoms with E-state index in [9.17, 15) is 4.79 Å². The number of hydrogen-bond donors (Lipinski definition) is 1. The average Bonchev–Trinajstić information content (AvgIpc) is 2.96. The molecule has 0 atom stereocenters. The van der Waals surface area contributed by atoms with Gasteiger partial charge < -0.3 is 10.1 Å². The largest absolute Gasteiger partial charge is 0.465 e. The molecule has 1 aliphatic carbocycles. The number of hydrogen-bond acceptors (Lipinski definition) is 4. The third kappa shape index (κ3) is 3.55. The van der Waals surface area contributed by atoms with E-state index in [1.54, 1.807) is 0 Å². The van der Waals surface area contributed by atoms with E-state index in [2.05, 4.69) is 11.6 Å². The first kappa shape index (κ1) is 15.4. The number of carbonyl (C=O) groups is 1. The van der Waals surface area contributed by atoms with Crippen LogP contribution >= 0.6 is 11.8 Å². The van der Waals surface area contributed by atoms with Crippen LogP contribution in [-0.4, -0.2) is 30.6 Å². The molecule has 1 fully saturated rings. The zero-order valence-corrected chi connectivity index (χ0v) is 13.1. The van der Waals surface area contributed by atoms with Crippen LogP contribution in [-0.2, 0) is 11.3 Å². The van der Waals surface area contributed by atoms with Gasteiger partial charge in [-0.15, -0.1) is 0 Å². The molecule has 0 aliphatic heterocycles. The summed E-state index contributed by atoms with van der Waals surface area (Å²) in [5, 5.41) is 3.53. The van der Waals surface area contributed by atoms with E-state index in [0.29, 0.717) is 16.9 Å². The van der Waals surface area contributed by atoms with Crippen LogP contribution in [0.2, 0.25) is 0 Å². The Morgan fingerprint density at radius 2 is 2.05 bits per heavy atom. The third-order valence-corrected chi connectivity index (χ3v) is 5.55. The molecule has 0 heterocycles. The van der Waals surface area contributed by atoms with Gasteiger partial charge in [0.25, 0.3) is 0 Å². The van der Waals surface area contributed by atoms with Crippen molar-refractivity contribution >= 4 is 17.7 Å². The second-order valence-corrected chi connectivity index (χ2v) is 6.62. The predicted octanol–water partition coefficient (Wildman–Crippen LogP) is 3.24. The molecule has 0 aromatic heterocycles. The topological polar surface area (TPSA) is 38.3 Å². The van der Waals surface area contributed by atoms with Gasteiger partial charge in [-0.1, -0.05) is 31.0 Å². The van der Waals surface area contributed by atoms with Crippen LogP contribution in [0.15, 0.2) is 24.3 Å². The van der Waals surface area contributed by atoms with Crippen LogP contribution in [0.1, 0.15) is 41.6 Å². The van der Waals surface area contributed by atoms with Crippen molar-refractivity contribution in [2.24, 2.45) is 0 Å². The number of methoxy groups -OCH3 is 1. The Bertz CT molecular complexity index is 456. The number of nitrogens with one attached hydrogen (secondary N) is 1. The van der Waals surface area contributed by atoms with Crippen LogP contribution in [0.4, 0.5) is 0 Å². The summed E-state index contributed by atoms with van der Waals surface area (Å²) in [6, 6.07) is 7.64. The molecule has 0 unspecified atom stereocenters. The normalized spacial score (nSPS) is 17.1. The standard InChI is InChI=1S/C16H23NO2S/c1-19-15(18)14-8-4-3-7-13(14)11-17-12-16(20-2)9-5-6-10-16/h3-4,7-8,17H,5-6,9-12H2,1-2H3. The lowest BCUT2D eigenvalue weighted by molar-refractivity contribution is 0.0599. The quantitative estimate of drug-likeness (QED) is 0.817. The number of ether oxygens (including phenoxy) is 1. The number of carbonyl (C=O) groups excluding carboxylic acids is 1. The number of rotatable bonds is 6. The first-order valence-corrected chi connectivity index (χ1v) is 8.35. The second kappa shape index (κ2) is 7.14. The molecule has 0 amide bonds. The summed E-state index contributed by atoms with van der Waals surface area (Å²) < 4.78 is 5.22. The molecule has 0 radical (unpaired) electrons. The number of benzene rings is 1. The molecule has 1 aromatic rings. The summed E-state index contributed by atoms with van der Waals surface area (Å²) in [5.41, 5.74) is 1.67. The highest BCUT2D eigenvalue weighted by atomic mass is 32.2. The maximum Gasteiger partial charge on any atom is 0.338 e. The van der Waals surface area contributed by atoms with Crippen LogP contribution in [0, 0.1) is 0 Å². The van der Waals surface area contributed by atoms with E-state index < -0.39 is 0 Å². The Kier molecular flexibility index (Phi) is 5.49. The monoisotopic (exact) mass is 293 g/mol. The Morgan fingerprint density at radius 1 is 1.35 bits per heavy atom. The Morgan fingerprint density at radius 3 is 2.70 bits per heavy atom. The highest BCUT2D eigenvalue weighted by Crippen LogP contribution is 2.39. The van der Waals surface area contributed by atoms with Gasteiger partial charge in [0.1, 0.15) is 0 Å². The molecule has 1 aromatic carbocycles. The van der Waals surface area contributed by atoms with Gasteiger partial charge in [-0.05, 0) is 30.7 Å². The first-order chi connectivity index (χ1) is 9.71. The number of thioether (sulfide) groups is 1. The van der Waals surface area contributed by atoms with Crippen LogP contribution in [0.3, 0.4) is 0 Å². The van der Waals surface area contributed by atoms with Gasteiger partial charge in [0, 0.05) is 17.8 Å². The van der Waals surface area contributed by atoms with Crippen molar-refractivity contribution in [3.8, 4) is 0 Å². The molecular formula is C16H23NO2S. The highest BCUT2D eigenvalue weighted by Gasteiger charge is 2.32. The molecule has 0 saturated heterocycles. The minimum Gasteiger partial charge on any atom is -0.465 e. The van der Waals surface area contributed by atoms with Gasteiger partial charge in [0.2, 0.25) is 0 Å². The van der Waals surface area contributed by atoms with Gasteiger partial charge in [-0.2, -0.15) is 11.8 Å². The summed E-state index contributed by atoms with van der Waals surface area (Å²) >= 11 is 1.98. The Labute approximate surface area is 125 Å². The Hall–Kier alpha value is -1.00. The molecule has 0 bridgehead atoms.